The second-order valence-corrected chi connectivity index (χ2v) is 8.02. The van der Waals surface area contributed by atoms with Gasteiger partial charge in [0.1, 0.15) is 5.75 Å². The molecule has 29 heavy (non-hydrogen) atoms. The molecule has 0 spiro atoms. The van der Waals surface area contributed by atoms with Crippen LogP contribution in [0.3, 0.4) is 0 Å². The van der Waals surface area contributed by atoms with Gasteiger partial charge in [0, 0.05) is 29.2 Å². The number of carbonyl (C=O) groups is 1. The highest BCUT2D eigenvalue weighted by Crippen LogP contribution is 2.18. The molecule has 0 aliphatic heterocycles. The number of hydrogen-bond acceptors (Lipinski definition) is 3. The lowest BCUT2D eigenvalue weighted by molar-refractivity contribution is -0.124. The summed E-state index contributed by atoms with van der Waals surface area (Å²) in [5.74, 6) is 0.585. The van der Waals surface area contributed by atoms with Gasteiger partial charge in [0.15, 0.2) is 6.61 Å². The third-order valence-electron chi connectivity index (χ3n) is 4.38. The zero-order valence-electron chi connectivity index (χ0n) is 17.2. The van der Waals surface area contributed by atoms with Gasteiger partial charge in [-0.05, 0) is 63.1 Å². The van der Waals surface area contributed by atoms with E-state index in [-0.39, 0.29) is 30.5 Å². The SMILES string of the molecule is CC(C)(C)NC(=O)COc1ccc(CNCCc2c[nH]c3ccccc23)cc1.Cl. The number of aromatic amines is 1. The molecule has 0 aliphatic carbocycles. The molecule has 1 aromatic heterocycles. The number of hydrogen-bond donors (Lipinski definition) is 3. The normalized spacial score (nSPS) is 11.1. The highest BCUT2D eigenvalue weighted by molar-refractivity contribution is 5.85. The Morgan fingerprint density at radius 3 is 2.52 bits per heavy atom. The Bertz CT molecular complexity index is 914. The number of ether oxygens (including phenoxy) is 1. The highest BCUT2D eigenvalue weighted by Gasteiger charge is 2.13. The summed E-state index contributed by atoms with van der Waals surface area (Å²) in [6.07, 6.45) is 3.07. The molecule has 3 aromatic rings. The van der Waals surface area contributed by atoms with Crippen LogP contribution in [0.15, 0.2) is 54.7 Å². The maximum absolute atomic E-state index is 11.8. The average molecular weight is 416 g/mol. The number of benzene rings is 2. The highest BCUT2D eigenvalue weighted by atomic mass is 35.5. The van der Waals surface area contributed by atoms with Crippen LogP contribution in [0.4, 0.5) is 0 Å². The van der Waals surface area contributed by atoms with E-state index in [1.54, 1.807) is 0 Å². The van der Waals surface area contributed by atoms with Gasteiger partial charge < -0.3 is 20.4 Å². The molecule has 3 N–H and O–H groups in total. The number of H-pyrrole nitrogens is 1. The molecule has 0 aliphatic rings. The van der Waals surface area contributed by atoms with E-state index in [1.807, 2.05) is 51.1 Å². The molecule has 156 valence electrons. The third-order valence-corrected chi connectivity index (χ3v) is 4.38. The summed E-state index contributed by atoms with van der Waals surface area (Å²) < 4.78 is 5.55. The Hall–Kier alpha value is -2.50. The Morgan fingerprint density at radius 1 is 1.07 bits per heavy atom. The van der Waals surface area contributed by atoms with Crippen molar-refractivity contribution in [1.82, 2.24) is 15.6 Å². The van der Waals surface area contributed by atoms with Gasteiger partial charge in [0.25, 0.3) is 5.91 Å². The van der Waals surface area contributed by atoms with Crippen molar-refractivity contribution in [2.24, 2.45) is 0 Å². The molecule has 0 atom stereocenters. The lowest BCUT2D eigenvalue weighted by atomic mass is 10.1. The minimum atomic E-state index is -0.247. The summed E-state index contributed by atoms with van der Waals surface area (Å²) in [7, 11) is 0. The van der Waals surface area contributed by atoms with Gasteiger partial charge in [0.2, 0.25) is 0 Å². The molecule has 1 amide bonds. The number of fused-ring (bicyclic) bond motifs is 1. The molecule has 1 heterocycles. The summed E-state index contributed by atoms with van der Waals surface area (Å²) in [5, 5.41) is 7.66. The monoisotopic (exact) mass is 415 g/mol. The molecule has 2 aromatic carbocycles. The van der Waals surface area contributed by atoms with Crippen molar-refractivity contribution in [1.29, 1.82) is 0 Å². The molecular weight excluding hydrogens is 386 g/mol. The van der Waals surface area contributed by atoms with Crippen LogP contribution in [-0.4, -0.2) is 29.6 Å². The number of halogens is 1. The molecule has 0 unspecified atom stereocenters. The molecule has 0 radical (unpaired) electrons. The van der Waals surface area contributed by atoms with Crippen molar-refractivity contribution in [3.8, 4) is 5.75 Å². The van der Waals surface area contributed by atoms with Gasteiger partial charge in [-0.1, -0.05) is 30.3 Å². The van der Waals surface area contributed by atoms with Crippen LogP contribution < -0.4 is 15.4 Å². The summed E-state index contributed by atoms with van der Waals surface area (Å²) in [5.41, 5.74) is 3.46. The van der Waals surface area contributed by atoms with Crippen molar-refractivity contribution in [2.75, 3.05) is 13.2 Å². The standard InChI is InChI=1S/C23H29N3O2.ClH/c1-23(2,3)26-22(27)16-28-19-10-8-17(9-11-19)14-24-13-12-18-15-25-21-7-5-4-6-20(18)21;/h4-11,15,24-25H,12-14,16H2,1-3H3,(H,26,27);1H. The zero-order chi connectivity index (χ0) is 20.0. The van der Waals surface area contributed by atoms with Crippen molar-refractivity contribution in [2.45, 2.75) is 39.3 Å². The summed E-state index contributed by atoms with van der Waals surface area (Å²) in [6, 6.07) is 16.2. The van der Waals surface area contributed by atoms with E-state index < -0.39 is 0 Å². The molecule has 0 bridgehead atoms. The quantitative estimate of drug-likeness (QED) is 0.482. The Morgan fingerprint density at radius 2 is 1.79 bits per heavy atom. The first-order valence-corrected chi connectivity index (χ1v) is 9.69. The number of rotatable bonds is 8. The van der Waals surface area contributed by atoms with E-state index in [0.717, 1.165) is 19.5 Å². The van der Waals surface area contributed by atoms with Crippen LogP contribution in [0.5, 0.6) is 5.75 Å². The van der Waals surface area contributed by atoms with Crippen molar-refractivity contribution < 1.29 is 9.53 Å². The van der Waals surface area contributed by atoms with E-state index in [1.165, 1.54) is 22.0 Å². The van der Waals surface area contributed by atoms with Crippen LogP contribution in [0.2, 0.25) is 0 Å². The predicted molar refractivity (Wildman–Crippen MR) is 121 cm³/mol. The topological polar surface area (TPSA) is 66.2 Å². The number of para-hydroxylation sites is 1. The summed E-state index contributed by atoms with van der Waals surface area (Å²) >= 11 is 0. The van der Waals surface area contributed by atoms with E-state index >= 15 is 0 Å². The van der Waals surface area contributed by atoms with Gasteiger partial charge in [-0.3, -0.25) is 4.79 Å². The van der Waals surface area contributed by atoms with Gasteiger partial charge in [-0.15, -0.1) is 12.4 Å². The first-order chi connectivity index (χ1) is 13.4. The van der Waals surface area contributed by atoms with Crippen LogP contribution in [-0.2, 0) is 17.8 Å². The van der Waals surface area contributed by atoms with Crippen molar-refractivity contribution in [3.05, 3.63) is 65.9 Å². The maximum atomic E-state index is 11.8. The Labute approximate surface area is 178 Å². The van der Waals surface area contributed by atoms with Gasteiger partial charge in [0.05, 0.1) is 0 Å². The largest absolute Gasteiger partial charge is 0.484 e. The molecule has 3 rings (SSSR count). The second kappa shape index (κ2) is 10.3. The van der Waals surface area contributed by atoms with Crippen LogP contribution in [0, 0.1) is 0 Å². The molecule has 0 saturated heterocycles. The molecule has 5 nitrogen and oxygen atoms in total. The fourth-order valence-electron chi connectivity index (χ4n) is 3.10. The number of amides is 1. The maximum Gasteiger partial charge on any atom is 0.258 e. The Balaban J connectivity index is 0.00000300. The predicted octanol–water partition coefficient (Wildman–Crippen LogP) is 4.22. The third kappa shape index (κ3) is 7.11. The molecular formula is C23H30ClN3O2. The first-order valence-electron chi connectivity index (χ1n) is 9.69. The minimum Gasteiger partial charge on any atom is -0.484 e. The second-order valence-electron chi connectivity index (χ2n) is 8.02. The molecule has 0 fully saturated rings. The van der Waals surface area contributed by atoms with Gasteiger partial charge in [-0.25, -0.2) is 0 Å². The van der Waals surface area contributed by atoms with Crippen LogP contribution >= 0.6 is 12.4 Å². The summed E-state index contributed by atoms with van der Waals surface area (Å²) in [6.45, 7) is 7.58. The van der Waals surface area contributed by atoms with Crippen molar-refractivity contribution >= 4 is 29.2 Å². The van der Waals surface area contributed by atoms with Crippen LogP contribution in [0.1, 0.15) is 31.9 Å². The fraction of sp³-hybridized carbons (Fsp3) is 0.348. The lowest BCUT2D eigenvalue weighted by Crippen LogP contribution is -2.43. The van der Waals surface area contributed by atoms with Crippen LogP contribution in [0.25, 0.3) is 10.9 Å². The summed E-state index contributed by atoms with van der Waals surface area (Å²) in [4.78, 5) is 15.1. The van der Waals surface area contributed by atoms with E-state index in [9.17, 15) is 4.79 Å². The van der Waals surface area contributed by atoms with Crippen molar-refractivity contribution in [3.63, 3.8) is 0 Å². The number of carbonyl (C=O) groups excluding carboxylic acids is 1. The minimum absolute atomic E-state index is 0. The van der Waals surface area contributed by atoms with Gasteiger partial charge >= 0.3 is 0 Å². The number of nitrogens with one attached hydrogen (secondary N) is 3. The van der Waals surface area contributed by atoms with E-state index in [0.29, 0.717) is 5.75 Å². The van der Waals surface area contributed by atoms with E-state index in [4.69, 9.17) is 4.74 Å². The average Bonchev–Trinajstić information content (AvgIpc) is 3.06. The first kappa shape index (κ1) is 22.8. The lowest BCUT2D eigenvalue weighted by Gasteiger charge is -2.20. The zero-order valence-corrected chi connectivity index (χ0v) is 18.1. The molecule has 6 heteroatoms. The Kier molecular flexibility index (Phi) is 8.11. The fourth-order valence-corrected chi connectivity index (χ4v) is 3.10. The van der Waals surface area contributed by atoms with E-state index in [2.05, 4.69) is 40.0 Å². The molecule has 0 saturated carbocycles. The smallest absolute Gasteiger partial charge is 0.258 e. The van der Waals surface area contributed by atoms with Gasteiger partial charge in [-0.2, -0.15) is 0 Å². The number of aromatic nitrogens is 1.